The summed E-state index contributed by atoms with van der Waals surface area (Å²) in [5.74, 6) is -0.866. The number of hydrogen-bond acceptors (Lipinski definition) is 4. The van der Waals surface area contributed by atoms with E-state index in [1.807, 2.05) is 22.6 Å². The SMILES string of the molecule is N#C/C(=N\Nc1cc(F)c(I)cc1Br)C(=N)N. The molecule has 0 bridgehead atoms. The number of nitriles is 1. The van der Waals surface area contributed by atoms with E-state index in [9.17, 15) is 4.39 Å². The van der Waals surface area contributed by atoms with Crippen LogP contribution in [0.1, 0.15) is 0 Å². The molecule has 0 spiro atoms. The molecule has 8 heteroatoms. The van der Waals surface area contributed by atoms with Crippen LogP contribution in [0.5, 0.6) is 0 Å². The van der Waals surface area contributed by atoms with Crippen LogP contribution in [0.3, 0.4) is 0 Å². The molecule has 0 heterocycles. The van der Waals surface area contributed by atoms with Gasteiger partial charge in [-0.2, -0.15) is 10.4 Å². The first kappa shape index (κ1) is 13.9. The zero-order valence-electron chi connectivity index (χ0n) is 8.26. The van der Waals surface area contributed by atoms with Gasteiger partial charge in [-0.3, -0.25) is 10.8 Å². The highest BCUT2D eigenvalue weighted by Crippen LogP contribution is 2.26. The van der Waals surface area contributed by atoms with Crippen LogP contribution in [0, 0.1) is 26.1 Å². The maximum atomic E-state index is 13.3. The Morgan fingerprint density at radius 3 is 2.82 bits per heavy atom. The molecule has 0 unspecified atom stereocenters. The Hall–Kier alpha value is -1.21. The van der Waals surface area contributed by atoms with Crippen LogP contribution in [0.4, 0.5) is 10.1 Å². The summed E-state index contributed by atoms with van der Waals surface area (Å²) in [7, 11) is 0. The second-order valence-corrected chi connectivity index (χ2v) is 4.86. The van der Waals surface area contributed by atoms with E-state index in [1.54, 1.807) is 12.1 Å². The van der Waals surface area contributed by atoms with Gasteiger partial charge in [-0.25, -0.2) is 4.39 Å². The molecule has 0 saturated heterocycles. The number of nitrogens with zero attached hydrogens (tertiary/aromatic N) is 2. The quantitative estimate of drug-likeness (QED) is 0.235. The van der Waals surface area contributed by atoms with E-state index in [0.717, 1.165) is 0 Å². The van der Waals surface area contributed by atoms with Gasteiger partial charge in [0.2, 0.25) is 5.71 Å². The molecule has 0 radical (unpaired) electrons. The Morgan fingerprint density at radius 2 is 2.29 bits per heavy atom. The molecule has 1 aromatic carbocycles. The lowest BCUT2D eigenvalue weighted by atomic mass is 10.3. The van der Waals surface area contributed by atoms with Crippen molar-refractivity contribution in [2.24, 2.45) is 10.8 Å². The smallest absolute Gasteiger partial charge is 0.201 e. The number of halogens is 3. The Kier molecular flexibility index (Phi) is 4.83. The molecule has 0 atom stereocenters. The largest absolute Gasteiger partial charge is 0.382 e. The van der Waals surface area contributed by atoms with Crippen molar-refractivity contribution in [3.63, 3.8) is 0 Å². The number of nitrogens with one attached hydrogen (secondary N) is 2. The molecule has 5 nitrogen and oxygen atoms in total. The van der Waals surface area contributed by atoms with E-state index in [1.165, 1.54) is 6.07 Å². The van der Waals surface area contributed by atoms with Gasteiger partial charge in [0.25, 0.3) is 0 Å². The van der Waals surface area contributed by atoms with Crippen LogP contribution >= 0.6 is 38.5 Å². The molecule has 0 amide bonds. The standard InChI is InChI=1S/C9H6BrFIN5/c10-4-1-6(12)5(11)2-7(4)16-17-8(3-13)9(14)15/h1-2,16H,(H3,14,15)/b17-8+. The molecule has 0 aliphatic rings. The highest BCUT2D eigenvalue weighted by Gasteiger charge is 2.07. The number of rotatable bonds is 3. The fourth-order valence-corrected chi connectivity index (χ4v) is 2.20. The number of hydrogen-bond donors (Lipinski definition) is 3. The monoisotopic (exact) mass is 409 g/mol. The Bertz CT molecular complexity index is 537. The average molecular weight is 410 g/mol. The highest BCUT2D eigenvalue weighted by molar-refractivity contribution is 14.1. The summed E-state index contributed by atoms with van der Waals surface area (Å²) in [6, 6.07) is 4.43. The first-order chi connectivity index (χ1) is 7.95. The van der Waals surface area contributed by atoms with Crippen molar-refractivity contribution in [2.75, 3.05) is 5.43 Å². The van der Waals surface area contributed by atoms with E-state index in [2.05, 4.69) is 26.5 Å². The lowest BCUT2D eigenvalue weighted by Gasteiger charge is -2.05. The van der Waals surface area contributed by atoms with Gasteiger partial charge < -0.3 is 5.73 Å². The van der Waals surface area contributed by atoms with Gasteiger partial charge in [0.1, 0.15) is 11.9 Å². The molecule has 17 heavy (non-hydrogen) atoms. The second kappa shape index (κ2) is 5.92. The minimum atomic E-state index is -0.456. The molecule has 0 fully saturated rings. The van der Waals surface area contributed by atoms with E-state index in [-0.39, 0.29) is 5.71 Å². The van der Waals surface area contributed by atoms with Crippen LogP contribution in [-0.2, 0) is 0 Å². The predicted molar refractivity (Wildman–Crippen MR) is 75.4 cm³/mol. The molecule has 88 valence electrons. The molecule has 0 saturated carbocycles. The van der Waals surface area contributed by atoms with Gasteiger partial charge in [-0.15, -0.1) is 0 Å². The Balaban J connectivity index is 3.01. The Morgan fingerprint density at radius 1 is 1.65 bits per heavy atom. The molecule has 0 aliphatic heterocycles. The van der Waals surface area contributed by atoms with Gasteiger partial charge in [0.15, 0.2) is 5.84 Å². The first-order valence-corrected chi connectivity index (χ1v) is 6.05. The summed E-state index contributed by atoms with van der Waals surface area (Å²) in [5.41, 5.74) is 7.65. The maximum Gasteiger partial charge on any atom is 0.201 e. The summed E-state index contributed by atoms with van der Waals surface area (Å²) in [4.78, 5) is 0. The van der Waals surface area contributed by atoms with E-state index in [4.69, 9.17) is 16.4 Å². The molecule has 1 rings (SSSR count). The van der Waals surface area contributed by atoms with E-state index < -0.39 is 11.7 Å². The fourth-order valence-electron chi connectivity index (χ4n) is 0.870. The summed E-state index contributed by atoms with van der Waals surface area (Å²) < 4.78 is 14.3. The molecule has 0 aromatic heterocycles. The number of amidine groups is 1. The predicted octanol–water partition coefficient (Wildman–Crippen LogP) is 2.42. The number of hydrazone groups is 1. The van der Waals surface area contributed by atoms with Crippen molar-refractivity contribution in [1.82, 2.24) is 0 Å². The van der Waals surface area contributed by atoms with E-state index >= 15 is 0 Å². The van der Waals surface area contributed by atoms with Crippen LogP contribution in [-0.4, -0.2) is 11.5 Å². The minimum absolute atomic E-state index is 0.268. The summed E-state index contributed by atoms with van der Waals surface area (Å²) in [6.45, 7) is 0. The maximum absolute atomic E-state index is 13.3. The average Bonchev–Trinajstić information content (AvgIpc) is 2.25. The van der Waals surface area contributed by atoms with Crippen molar-refractivity contribution < 1.29 is 4.39 Å². The van der Waals surface area contributed by atoms with Gasteiger partial charge in [-0.1, -0.05) is 0 Å². The van der Waals surface area contributed by atoms with Crippen molar-refractivity contribution >= 4 is 55.8 Å². The van der Waals surface area contributed by atoms with Crippen molar-refractivity contribution in [2.45, 2.75) is 0 Å². The third-order valence-electron chi connectivity index (χ3n) is 1.66. The van der Waals surface area contributed by atoms with Crippen LogP contribution < -0.4 is 11.2 Å². The summed E-state index contributed by atoms with van der Waals surface area (Å²) >= 11 is 5.07. The molecular weight excluding hydrogens is 404 g/mol. The molecule has 0 aliphatic carbocycles. The second-order valence-electron chi connectivity index (χ2n) is 2.84. The van der Waals surface area contributed by atoms with Gasteiger partial charge in [0, 0.05) is 10.5 Å². The zero-order chi connectivity index (χ0) is 13.0. The number of nitrogens with two attached hydrogens (primary N) is 1. The normalized spacial score (nSPS) is 10.8. The van der Waals surface area contributed by atoms with Gasteiger partial charge in [0.05, 0.1) is 9.26 Å². The third-order valence-corrected chi connectivity index (χ3v) is 3.14. The van der Waals surface area contributed by atoms with Gasteiger partial charge in [-0.05, 0) is 44.6 Å². The number of anilines is 1. The summed E-state index contributed by atoms with van der Waals surface area (Å²) in [5, 5.41) is 19.3. The van der Waals surface area contributed by atoms with Crippen LogP contribution in [0.25, 0.3) is 0 Å². The lowest BCUT2D eigenvalue weighted by Crippen LogP contribution is -2.21. The van der Waals surface area contributed by atoms with Crippen LogP contribution in [0.15, 0.2) is 21.7 Å². The Labute approximate surface area is 119 Å². The number of benzene rings is 1. The van der Waals surface area contributed by atoms with E-state index in [0.29, 0.717) is 13.7 Å². The molecular formula is C9H6BrFIN5. The highest BCUT2D eigenvalue weighted by atomic mass is 127. The fraction of sp³-hybridized carbons (Fsp3) is 0. The zero-order valence-corrected chi connectivity index (χ0v) is 12.0. The third kappa shape index (κ3) is 3.64. The lowest BCUT2D eigenvalue weighted by molar-refractivity contribution is 0.620. The molecule has 4 N–H and O–H groups in total. The first-order valence-electron chi connectivity index (χ1n) is 4.18. The van der Waals surface area contributed by atoms with Crippen LogP contribution in [0.2, 0.25) is 0 Å². The van der Waals surface area contributed by atoms with Crippen molar-refractivity contribution in [3.8, 4) is 6.07 Å². The molecule has 1 aromatic rings. The minimum Gasteiger partial charge on any atom is -0.382 e. The van der Waals surface area contributed by atoms with Crippen molar-refractivity contribution in [1.29, 1.82) is 10.7 Å². The van der Waals surface area contributed by atoms with Crippen molar-refractivity contribution in [3.05, 3.63) is 26.0 Å². The van der Waals surface area contributed by atoms with Gasteiger partial charge >= 0.3 is 0 Å². The summed E-state index contributed by atoms with van der Waals surface area (Å²) in [6.07, 6.45) is 0. The topological polar surface area (TPSA) is 98.0 Å².